The summed E-state index contributed by atoms with van der Waals surface area (Å²) in [5, 5.41) is 0. The minimum absolute atomic E-state index is 0.387. The molecular formula is C8H16N2O. The molecule has 0 saturated heterocycles. The highest BCUT2D eigenvalue weighted by molar-refractivity contribution is 5.85. The summed E-state index contributed by atoms with van der Waals surface area (Å²) in [4.78, 5) is 12.4. The summed E-state index contributed by atoms with van der Waals surface area (Å²) in [6, 6.07) is 0.493. The number of carbonyl (C=O) groups is 1. The lowest BCUT2D eigenvalue weighted by molar-refractivity contribution is -0.113. The van der Waals surface area contributed by atoms with Crippen LogP contribution in [0.2, 0.25) is 0 Å². The molecule has 3 nitrogen and oxygen atoms in total. The molecule has 0 aliphatic carbocycles. The van der Waals surface area contributed by atoms with Crippen molar-refractivity contribution in [3.63, 3.8) is 0 Å². The predicted octanol–water partition coefficient (Wildman–Crippen LogP) is 0.368. The van der Waals surface area contributed by atoms with Crippen molar-refractivity contribution < 1.29 is 4.79 Å². The Kier molecular flexibility index (Phi) is 4.54. The van der Waals surface area contributed by atoms with Gasteiger partial charge in [0.15, 0.2) is 0 Å². The molecule has 0 heterocycles. The van der Waals surface area contributed by atoms with Gasteiger partial charge in [-0.05, 0) is 27.0 Å². The van der Waals surface area contributed by atoms with Crippen LogP contribution in [0.25, 0.3) is 0 Å². The maximum absolute atomic E-state index is 10.3. The molecule has 1 amide bonds. The number of carbonyl (C=O) groups excluding carboxylic acids is 1. The average molecular weight is 156 g/mol. The van der Waals surface area contributed by atoms with Crippen molar-refractivity contribution in [1.29, 1.82) is 0 Å². The highest BCUT2D eigenvalue weighted by Crippen LogP contribution is 1.92. The van der Waals surface area contributed by atoms with Crippen LogP contribution in [-0.4, -0.2) is 30.4 Å². The van der Waals surface area contributed by atoms with E-state index >= 15 is 0 Å². The zero-order valence-electron chi connectivity index (χ0n) is 7.37. The highest BCUT2D eigenvalue weighted by atomic mass is 16.1. The largest absolute Gasteiger partial charge is 0.366 e. The van der Waals surface area contributed by atoms with Gasteiger partial charge in [0, 0.05) is 12.6 Å². The standard InChI is InChI=1S/C8H16N2O/c1-7(2)10(3)6-4-5-8(9)11/h4-5,7H,6H2,1-3H3,(H2,9,11). The number of amides is 1. The number of rotatable bonds is 4. The Hall–Kier alpha value is -0.830. The van der Waals surface area contributed by atoms with Crippen molar-refractivity contribution in [3.05, 3.63) is 12.2 Å². The van der Waals surface area contributed by atoms with E-state index in [-0.39, 0.29) is 5.91 Å². The Labute approximate surface area is 67.9 Å². The second-order valence-corrected chi connectivity index (χ2v) is 2.84. The molecule has 0 aliphatic heterocycles. The first kappa shape index (κ1) is 10.2. The van der Waals surface area contributed by atoms with E-state index in [1.165, 1.54) is 6.08 Å². The minimum Gasteiger partial charge on any atom is -0.366 e. The normalized spacial score (nSPS) is 11.7. The van der Waals surface area contributed by atoms with Crippen molar-refractivity contribution in [1.82, 2.24) is 4.90 Å². The molecule has 3 heteroatoms. The smallest absolute Gasteiger partial charge is 0.241 e. The van der Waals surface area contributed by atoms with Gasteiger partial charge in [-0.15, -0.1) is 0 Å². The zero-order valence-corrected chi connectivity index (χ0v) is 7.37. The summed E-state index contributed by atoms with van der Waals surface area (Å²) < 4.78 is 0. The van der Waals surface area contributed by atoms with Gasteiger partial charge in [0.25, 0.3) is 0 Å². The number of hydrogen-bond donors (Lipinski definition) is 1. The molecule has 0 fully saturated rings. The van der Waals surface area contributed by atoms with E-state index in [0.29, 0.717) is 6.04 Å². The van der Waals surface area contributed by atoms with Crippen molar-refractivity contribution in [2.24, 2.45) is 5.73 Å². The van der Waals surface area contributed by atoms with Gasteiger partial charge in [-0.3, -0.25) is 4.79 Å². The molecule has 0 aliphatic rings. The molecule has 11 heavy (non-hydrogen) atoms. The fourth-order valence-electron chi connectivity index (χ4n) is 0.546. The van der Waals surface area contributed by atoms with E-state index < -0.39 is 0 Å². The fraction of sp³-hybridized carbons (Fsp3) is 0.625. The number of nitrogens with two attached hydrogens (primary N) is 1. The molecule has 0 unspecified atom stereocenters. The maximum atomic E-state index is 10.3. The van der Waals surface area contributed by atoms with E-state index in [1.807, 2.05) is 7.05 Å². The summed E-state index contributed by atoms with van der Waals surface area (Å²) >= 11 is 0. The number of likely N-dealkylation sites (N-methyl/N-ethyl adjacent to an activating group) is 1. The molecular weight excluding hydrogens is 140 g/mol. The van der Waals surface area contributed by atoms with Crippen LogP contribution in [0.3, 0.4) is 0 Å². The second-order valence-electron chi connectivity index (χ2n) is 2.84. The van der Waals surface area contributed by atoms with Crippen LogP contribution in [0, 0.1) is 0 Å². The van der Waals surface area contributed by atoms with Crippen molar-refractivity contribution in [3.8, 4) is 0 Å². The summed E-state index contributed by atoms with van der Waals surface area (Å²) in [5.41, 5.74) is 4.91. The van der Waals surface area contributed by atoms with Crippen molar-refractivity contribution in [2.45, 2.75) is 19.9 Å². The van der Waals surface area contributed by atoms with Gasteiger partial charge in [-0.1, -0.05) is 6.08 Å². The molecule has 0 aromatic rings. The van der Waals surface area contributed by atoms with Crippen molar-refractivity contribution in [2.75, 3.05) is 13.6 Å². The van der Waals surface area contributed by atoms with Gasteiger partial charge < -0.3 is 10.6 Å². The van der Waals surface area contributed by atoms with Gasteiger partial charge in [-0.25, -0.2) is 0 Å². The van der Waals surface area contributed by atoms with Gasteiger partial charge in [0.2, 0.25) is 5.91 Å². The van der Waals surface area contributed by atoms with Crippen LogP contribution in [-0.2, 0) is 4.79 Å². The monoisotopic (exact) mass is 156 g/mol. The lowest BCUT2D eigenvalue weighted by Crippen LogP contribution is -2.26. The van der Waals surface area contributed by atoms with E-state index in [0.717, 1.165) is 6.54 Å². The summed E-state index contributed by atoms with van der Waals surface area (Å²) in [7, 11) is 2.00. The highest BCUT2D eigenvalue weighted by Gasteiger charge is 1.98. The van der Waals surface area contributed by atoms with Crippen LogP contribution >= 0.6 is 0 Å². The first-order valence-corrected chi connectivity index (χ1v) is 3.70. The summed E-state index contributed by atoms with van der Waals surface area (Å²) in [5.74, 6) is -0.387. The molecule has 0 saturated carbocycles. The summed E-state index contributed by atoms with van der Waals surface area (Å²) in [6.07, 6.45) is 3.15. The number of nitrogens with zero attached hydrogens (tertiary/aromatic N) is 1. The van der Waals surface area contributed by atoms with Gasteiger partial charge in [-0.2, -0.15) is 0 Å². The van der Waals surface area contributed by atoms with Crippen LogP contribution in [0.15, 0.2) is 12.2 Å². The fourth-order valence-corrected chi connectivity index (χ4v) is 0.546. The van der Waals surface area contributed by atoms with Gasteiger partial charge in [0.05, 0.1) is 0 Å². The third-order valence-corrected chi connectivity index (χ3v) is 1.56. The molecule has 0 bridgehead atoms. The van der Waals surface area contributed by atoms with E-state index in [2.05, 4.69) is 18.7 Å². The molecule has 2 N–H and O–H groups in total. The topological polar surface area (TPSA) is 46.3 Å². The Morgan fingerprint density at radius 1 is 1.64 bits per heavy atom. The Morgan fingerprint density at radius 2 is 2.18 bits per heavy atom. The predicted molar refractivity (Wildman–Crippen MR) is 46.1 cm³/mol. The van der Waals surface area contributed by atoms with E-state index in [9.17, 15) is 4.79 Å². The van der Waals surface area contributed by atoms with Gasteiger partial charge in [0.1, 0.15) is 0 Å². The first-order valence-electron chi connectivity index (χ1n) is 3.70. The van der Waals surface area contributed by atoms with E-state index in [1.54, 1.807) is 6.08 Å². The molecule has 0 aromatic heterocycles. The lowest BCUT2D eigenvalue weighted by atomic mass is 10.3. The number of primary amides is 1. The minimum atomic E-state index is -0.387. The lowest BCUT2D eigenvalue weighted by Gasteiger charge is -2.18. The zero-order chi connectivity index (χ0) is 8.85. The molecule has 0 aromatic carbocycles. The molecule has 0 atom stereocenters. The maximum Gasteiger partial charge on any atom is 0.241 e. The summed E-state index contributed by atoms with van der Waals surface area (Å²) in [6.45, 7) is 4.96. The van der Waals surface area contributed by atoms with Crippen LogP contribution in [0.1, 0.15) is 13.8 Å². The Bertz CT molecular complexity index is 152. The second kappa shape index (κ2) is 4.91. The molecule has 64 valence electrons. The quantitative estimate of drug-likeness (QED) is 0.598. The first-order chi connectivity index (χ1) is 5.04. The molecule has 0 rings (SSSR count). The average Bonchev–Trinajstić information content (AvgIpc) is 1.86. The van der Waals surface area contributed by atoms with Gasteiger partial charge >= 0.3 is 0 Å². The molecule has 0 spiro atoms. The SMILES string of the molecule is CC(C)N(C)CC=CC(N)=O. The van der Waals surface area contributed by atoms with E-state index in [4.69, 9.17) is 5.73 Å². The van der Waals surface area contributed by atoms with Crippen LogP contribution in [0.5, 0.6) is 0 Å². The Balaban J connectivity index is 3.61. The van der Waals surface area contributed by atoms with Crippen LogP contribution in [0.4, 0.5) is 0 Å². The molecule has 0 radical (unpaired) electrons. The number of hydrogen-bond acceptors (Lipinski definition) is 2. The van der Waals surface area contributed by atoms with Crippen molar-refractivity contribution >= 4 is 5.91 Å². The van der Waals surface area contributed by atoms with Crippen LogP contribution < -0.4 is 5.73 Å². The third kappa shape index (κ3) is 5.61. The third-order valence-electron chi connectivity index (χ3n) is 1.56. The Morgan fingerprint density at radius 3 is 2.55 bits per heavy atom.